The number of benzene rings is 1. The van der Waals surface area contributed by atoms with Crippen molar-refractivity contribution in [2.75, 3.05) is 18.9 Å². The molecule has 0 saturated carbocycles. The number of esters is 2. The maximum Gasteiger partial charge on any atom is 0.325 e. The van der Waals surface area contributed by atoms with E-state index in [9.17, 15) is 14.0 Å². The Bertz CT molecular complexity index is 528. The van der Waals surface area contributed by atoms with Crippen LogP contribution < -0.4 is 5.73 Å². The first-order chi connectivity index (χ1) is 9.99. The summed E-state index contributed by atoms with van der Waals surface area (Å²) < 4.78 is 22.6. The number of hydrogen-bond acceptors (Lipinski definition) is 6. The molecule has 0 aromatic heterocycles. The second-order valence-electron chi connectivity index (χ2n) is 3.97. The Balaban J connectivity index is 2.93. The highest BCUT2D eigenvalue weighted by atomic mass is 19.1. The molecule has 1 aromatic rings. The van der Waals surface area contributed by atoms with Crippen LogP contribution in [0.5, 0.6) is 0 Å². The lowest BCUT2D eigenvalue weighted by molar-refractivity contribution is -0.157. The van der Waals surface area contributed by atoms with Crippen molar-refractivity contribution in [2.24, 2.45) is 10.9 Å². The van der Waals surface area contributed by atoms with Gasteiger partial charge in [0, 0.05) is 6.21 Å². The molecule has 0 spiro atoms. The number of hydrogen-bond donors (Lipinski definition) is 1. The molecule has 0 amide bonds. The van der Waals surface area contributed by atoms with Crippen LogP contribution in [-0.2, 0) is 19.1 Å². The fraction of sp³-hybridized carbons (Fsp3) is 0.357. The Morgan fingerprint density at radius 3 is 2.33 bits per heavy atom. The van der Waals surface area contributed by atoms with Crippen LogP contribution in [0.1, 0.15) is 13.8 Å². The molecular weight excluding hydrogens is 279 g/mol. The number of nitrogens with zero attached hydrogens (tertiary/aromatic N) is 1. The van der Waals surface area contributed by atoms with Crippen LogP contribution >= 0.6 is 0 Å². The maximum atomic E-state index is 13.0. The summed E-state index contributed by atoms with van der Waals surface area (Å²) in [5.74, 6) is -3.35. The molecule has 1 rings (SSSR count). The Labute approximate surface area is 121 Å². The second-order valence-corrected chi connectivity index (χ2v) is 3.97. The average molecular weight is 296 g/mol. The van der Waals surface area contributed by atoms with Gasteiger partial charge in [0.15, 0.2) is 5.92 Å². The van der Waals surface area contributed by atoms with E-state index in [1.807, 2.05) is 0 Å². The van der Waals surface area contributed by atoms with Crippen LogP contribution in [0.3, 0.4) is 0 Å². The van der Waals surface area contributed by atoms with Crippen LogP contribution in [0.25, 0.3) is 0 Å². The third kappa shape index (κ3) is 4.87. The zero-order valence-electron chi connectivity index (χ0n) is 11.8. The normalized spacial score (nSPS) is 10.9. The van der Waals surface area contributed by atoms with Crippen LogP contribution in [0, 0.1) is 11.7 Å². The molecule has 0 aliphatic heterocycles. The third-order valence-corrected chi connectivity index (χ3v) is 2.43. The first kappa shape index (κ1) is 16.6. The minimum Gasteiger partial charge on any atom is -0.465 e. The second kappa shape index (κ2) is 7.98. The van der Waals surface area contributed by atoms with Gasteiger partial charge in [0.1, 0.15) is 5.82 Å². The number of carbonyl (C=O) groups is 2. The summed E-state index contributed by atoms with van der Waals surface area (Å²) in [5.41, 5.74) is 5.65. The molecule has 0 saturated heterocycles. The first-order valence-corrected chi connectivity index (χ1v) is 6.42. The number of rotatable bonds is 6. The fourth-order valence-electron chi connectivity index (χ4n) is 1.45. The molecule has 0 aliphatic rings. The molecule has 0 radical (unpaired) electrons. The lowest BCUT2D eigenvalue weighted by Crippen LogP contribution is -2.29. The SMILES string of the molecule is CCOC(=O)C(C=Nc1ccc(F)c(N)c1)C(=O)OCC. The summed E-state index contributed by atoms with van der Waals surface area (Å²) in [6, 6.07) is 3.81. The summed E-state index contributed by atoms with van der Waals surface area (Å²) in [7, 11) is 0. The number of halogens is 1. The molecule has 114 valence electrons. The van der Waals surface area contributed by atoms with Crippen molar-refractivity contribution in [1.29, 1.82) is 0 Å². The van der Waals surface area contributed by atoms with Gasteiger partial charge in [-0.05, 0) is 32.0 Å². The number of aliphatic imine (C=N–C) groups is 1. The summed E-state index contributed by atoms with van der Waals surface area (Å²) >= 11 is 0. The molecular formula is C14H17FN2O4. The van der Waals surface area contributed by atoms with E-state index in [0.717, 1.165) is 12.3 Å². The average Bonchev–Trinajstić information content (AvgIpc) is 2.43. The number of ether oxygens (including phenoxy) is 2. The van der Waals surface area contributed by atoms with Crippen LogP contribution in [0.2, 0.25) is 0 Å². The number of nitrogen functional groups attached to an aromatic ring is 1. The molecule has 0 fully saturated rings. The quantitative estimate of drug-likeness (QED) is 0.374. The fourth-order valence-corrected chi connectivity index (χ4v) is 1.45. The van der Waals surface area contributed by atoms with E-state index in [2.05, 4.69) is 4.99 Å². The number of nitrogens with two attached hydrogens (primary N) is 1. The van der Waals surface area contributed by atoms with Crippen molar-refractivity contribution in [2.45, 2.75) is 13.8 Å². The van der Waals surface area contributed by atoms with Gasteiger partial charge >= 0.3 is 11.9 Å². The first-order valence-electron chi connectivity index (χ1n) is 6.42. The lowest BCUT2D eigenvalue weighted by atomic mass is 10.1. The Hall–Kier alpha value is -2.44. The molecule has 21 heavy (non-hydrogen) atoms. The highest BCUT2D eigenvalue weighted by molar-refractivity contribution is 6.09. The van der Waals surface area contributed by atoms with Crippen molar-refractivity contribution < 1.29 is 23.5 Å². The molecule has 0 heterocycles. The highest BCUT2D eigenvalue weighted by Crippen LogP contribution is 2.19. The smallest absolute Gasteiger partial charge is 0.325 e. The van der Waals surface area contributed by atoms with Gasteiger partial charge < -0.3 is 15.2 Å². The third-order valence-electron chi connectivity index (χ3n) is 2.43. The minimum absolute atomic E-state index is 0.0755. The minimum atomic E-state index is -1.27. The zero-order chi connectivity index (χ0) is 15.8. The summed E-state index contributed by atoms with van der Waals surface area (Å²) in [4.78, 5) is 27.3. The predicted molar refractivity (Wildman–Crippen MR) is 75.7 cm³/mol. The standard InChI is InChI=1S/C14H17FN2O4/c1-3-20-13(18)10(14(19)21-4-2)8-17-9-5-6-11(15)12(16)7-9/h5-8,10H,3-4,16H2,1-2H3. The molecule has 0 unspecified atom stereocenters. The Morgan fingerprint density at radius 1 is 1.29 bits per heavy atom. The van der Waals surface area contributed by atoms with E-state index in [1.165, 1.54) is 12.1 Å². The topological polar surface area (TPSA) is 91.0 Å². The summed E-state index contributed by atoms with van der Waals surface area (Å²) in [5, 5.41) is 0. The van der Waals surface area contributed by atoms with E-state index in [4.69, 9.17) is 15.2 Å². The lowest BCUT2D eigenvalue weighted by Gasteiger charge is -2.10. The predicted octanol–water partition coefficient (Wildman–Crippen LogP) is 1.85. The highest BCUT2D eigenvalue weighted by Gasteiger charge is 2.27. The Morgan fingerprint density at radius 2 is 1.86 bits per heavy atom. The Kier molecular flexibility index (Phi) is 6.32. The van der Waals surface area contributed by atoms with Crippen molar-refractivity contribution in [3.05, 3.63) is 24.0 Å². The van der Waals surface area contributed by atoms with Crippen molar-refractivity contribution in [1.82, 2.24) is 0 Å². The van der Waals surface area contributed by atoms with E-state index in [-0.39, 0.29) is 18.9 Å². The van der Waals surface area contributed by atoms with Crippen LogP contribution in [0.15, 0.2) is 23.2 Å². The van der Waals surface area contributed by atoms with Gasteiger partial charge in [-0.3, -0.25) is 14.6 Å². The number of carbonyl (C=O) groups excluding carboxylic acids is 2. The monoisotopic (exact) mass is 296 g/mol. The van der Waals surface area contributed by atoms with Gasteiger partial charge in [-0.2, -0.15) is 0 Å². The molecule has 0 atom stereocenters. The van der Waals surface area contributed by atoms with Gasteiger partial charge in [-0.25, -0.2) is 4.39 Å². The van der Waals surface area contributed by atoms with E-state index >= 15 is 0 Å². The van der Waals surface area contributed by atoms with Gasteiger partial charge in [0.25, 0.3) is 0 Å². The zero-order valence-corrected chi connectivity index (χ0v) is 11.8. The van der Waals surface area contributed by atoms with Crippen LogP contribution in [-0.4, -0.2) is 31.4 Å². The largest absolute Gasteiger partial charge is 0.465 e. The molecule has 0 bridgehead atoms. The van der Waals surface area contributed by atoms with Gasteiger partial charge in [0.05, 0.1) is 24.6 Å². The maximum absolute atomic E-state index is 13.0. The van der Waals surface area contributed by atoms with Gasteiger partial charge in [-0.15, -0.1) is 0 Å². The van der Waals surface area contributed by atoms with Crippen LogP contribution in [0.4, 0.5) is 15.8 Å². The van der Waals surface area contributed by atoms with Gasteiger partial charge in [-0.1, -0.05) is 0 Å². The van der Waals surface area contributed by atoms with E-state index in [1.54, 1.807) is 13.8 Å². The molecule has 7 heteroatoms. The molecule has 1 aromatic carbocycles. The summed E-state index contributed by atoms with van der Waals surface area (Å²) in [6.45, 7) is 3.51. The van der Waals surface area contributed by atoms with E-state index < -0.39 is 23.7 Å². The molecule has 2 N–H and O–H groups in total. The van der Waals surface area contributed by atoms with Gasteiger partial charge in [0.2, 0.25) is 0 Å². The molecule has 6 nitrogen and oxygen atoms in total. The number of anilines is 1. The van der Waals surface area contributed by atoms with E-state index in [0.29, 0.717) is 5.69 Å². The summed E-state index contributed by atoms with van der Waals surface area (Å²) in [6.07, 6.45) is 1.10. The van der Waals surface area contributed by atoms with Crippen molar-refractivity contribution in [3.63, 3.8) is 0 Å². The molecule has 0 aliphatic carbocycles. The van der Waals surface area contributed by atoms with Crippen molar-refractivity contribution in [3.8, 4) is 0 Å². The van der Waals surface area contributed by atoms with Crippen molar-refractivity contribution >= 4 is 29.5 Å².